The number of aliphatic carboxylic acids is 1. The number of benzene rings is 2. The van der Waals surface area contributed by atoms with Gasteiger partial charge in [-0.15, -0.1) is 0 Å². The maximum atomic E-state index is 13.7. The van der Waals surface area contributed by atoms with Gasteiger partial charge in [0.1, 0.15) is 5.75 Å². The standard InChI is InChI=1S/C24H21F6N3O2.C2HF3O2/c1-14(16-5-3-6-18(13-16)35-2)32-22(34)33-20(15-8-10-17(11-9-15)23(25,26)27)21-19(24(28,29)30)7-4-12-31-21;3-2(4,5)1(6)7/h3-14,20H,1-2H3,(H2,32,33,34);(H,6,7)/t14-,20+;/m1./s1. The number of rotatable bonds is 6. The van der Waals surface area contributed by atoms with Gasteiger partial charge in [0.2, 0.25) is 0 Å². The Hall–Kier alpha value is -4.50. The number of carbonyl (C=O) groups excluding carboxylic acids is 1. The second-order valence-corrected chi connectivity index (χ2v) is 8.41. The smallest absolute Gasteiger partial charge is 0.490 e. The van der Waals surface area contributed by atoms with Crippen molar-refractivity contribution in [1.82, 2.24) is 15.6 Å². The first-order valence-electron chi connectivity index (χ1n) is 11.5. The number of carboxylic acids is 1. The van der Waals surface area contributed by atoms with Gasteiger partial charge in [0, 0.05) is 6.20 Å². The number of hydrogen-bond acceptors (Lipinski definition) is 4. The van der Waals surface area contributed by atoms with Crippen molar-refractivity contribution in [2.75, 3.05) is 7.11 Å². The number of aromatic nitrogens is 1. The Morgan fingerprint density at radius 3 is 1.93 bits per heavy atom. The first-order chi connectivity index (χ1) is 19.3. The molecule has 3 aromatic rings. The zero-order valence-corrected chi connectivity index (χ0v) is 21.5. The van der Waals surface area contributed by atoms with Crippen LogP contribution in [0.1, 0.15) is 47.0 Å². The summed E-state index contributed by atoms with van der Waals surface area (Å²) in [5.74, 6) is -2.21. The van der Waals surface area contributed by atoms with Gasteiger partial charge in [0.25, 0.3) is 0 Å². The van der Waals surface area contributed by atoms with Crippen LogP contribution in [0.2, 0.25) is 0 Å². The molecule has 0 aliphatic rings. The average molecular weight is 611 g/mol. The average Bonchev–Trinajstić information content (AvgIpc) is 2.90. The lowest BCUT2D eigenvalue weighted by molar-refractivity contribution is -0.192. The third-order valence-electron chi connectivity index (χ3n) is 5.45. The van der Waals surface area contributed by atoms with Crippen LogP contribution in [0.25, 0.3) is 0 Å². The van der Waals surface area contributed by atoms with E-state index in [1.165, 1.54) is 7.11 Å². The Morgan fingerprint density at radius 1 is 0.833 bits per heavy atom. The Balaban J connectivity index is 0.000000782. The molecule has 0 saturated heterocycles. The molecule has 7 nitrogen and oxygen atoms in total. The molecule has 0 bridgehead atoms. The molecule has 228 valence electrons. The van der Waals surface area contributed by atoms with Gasteiger partial charge in [0.05, 0.1) is 36.0 Å². The van der Waals surface area contributed by atoms with Gasteiger partial charge < -0.3 is 20.5 Å². The number of nitrogens with zero attached hydrogens (tertiary/aromatic N) is 1. The van der Waals surface area contributed by atoms with Crippen molar-refractivity contribution in [3.8, 4) is 5.75 Å². The minimum absolute atomic E-state index is 0.00798. The van der Waals surface area contributed by atoms with Crippen LogP contribution < -0.4 is 15.4 Å². The van der Waals surface area contributed by atoms with E-state index in [1.54, 1.807) is 31.2 Å². The van der Waals surface area contributed by atoms with E-state index >= 15 is 0 Å². The third-order valence-corrected chi connectivity index (χ3v) is 5.45. The second kappa shape index (κ2) is 13.4. The highest BCUT2D eigenvalue weighted by atomic mass is 19.4. The quantitative estimate of drug-likeness (QED) is 0.263. The van der Waals surface area contributed by atoms with E-state index in [2.05, 4.69) is 15.6 Å². The number of urea groups is 1. The molecule has 16 heteroatoms. The Morgan fingerprint density at radius 2 is 1.43 bits per heavy atom. The zero-order chi connectivity index (χ0) is 31.9. The Labute approximate surface area is 232 Å². The van der Waals surface area contributed by atoms with Crippen LogP contribution in [0.5, 0.6) is 5.75 Å². The lowest BCUT2D eigenvalue weighted by Gasteiger charge is -2.24. The van der Waals surface area contributed by atoms with E-state index < -0.39 is 59.4 Å². The first kappa shape index (κ1) is 33.7. The highest BCUT2D eigenvalue weighted by molar-refractivity contribution is 5.75. The normalized spacial score (nSPS) is 13.2. The lowest BCUT2D eigenvalue weighted by atomic mass is 9.98. The fraction of sp³-hybridized carbons (Fsp3) is 0.269. The third kappa shape index (κ3) is 9.55. The van der Waals surface area contributed by atoms with Crippen LogP contribution >= 0.6 is 0 Å². The van der Waals surface area contributed by atoms with Gasteiger partial charge >= 0.3 is 30.5 Å². The predicted octanol–water partition coefficient (Wildman–Crippen LogP) is 6.91. The summed E-state index contributed by atoms with van der Waals surface area (Å²) in [5.41, 5.74) is -1.99. The number of amides is 2. The molecule has 2 atom stereocenters. The number of carbonyl (C=O) groups is 2. The summed E-state index contributed by atoms with van der Waals surface area (Å²) in [6.45, 7) is 1.66. The topological polar surface area (TPSA) is 101 Å². The number of pyridine rings is 1. The van der Waals surface area contributed by atoms with Gasteiger partial charge in [-0.05, 0) is 54.4 Å². The predicted molar refractivity (Wildman–Crippen MR) is 129 cm³/mol. The van der Waals surface area contributed by atoms with E-state index in [9.17, 15) is 44.3 Å². The van der Waals surface area contributed by atoms with Crippen molar-refractivity contribution in [2.24, 2.45) is 0 Å². The molecule has 2 amide bonds. The van der Waals surface area contributed by atoms with Crippen molar-refractivity contribution < 1.29 is 58.9 Å². The molecule has 1 heterocycles. The summed E-state index contributed by atoms with van der Waals surface area (Å²) in [6, 6.07) is 9.28. The first-order valence-corrected chi connectivity index (χ1v) is 11.5. The van der Waals surface area contributed by atoms with Gasteiger partial charge in [-0.2, -0.15) is 39.5 Å². The number of halogens is 9. The summed E-state index contributed by atoms with van der Waals surface area (Å²) < 4.78 is 117. The van der Waals surface area contributed by atoms with Gasteiger partial charge in [-0.25, -0.2) is 9.59 Å². The lowest BCUT2D eigenvalue weighted by Crippen LogP contribution is -2.40. The maximum Gasteiger partial charge on any atom is 0.490 e. The molecule has 0 saturated carbocycles. The SMILES string of the molecule is COc1cccc([C@@H](C)NC(=O)N[C@@H](c2ccc(C(F)(F)F)cc2)c2ncccc2C(F)(F)F)c1.O=C(O)C(F)(F)F. The van der Waals surface area contributed by atoms with Crippen LogP contribution in [0, 0.1) is 0 Å². The van der Waals surface area contributed by atoms with Crippen LogP contribution in [-0.2, 0) is 17.1 Å². The second-order valence-electron chi connectivity index (χ2n) is 8.41. The van der Waals surface area contributed by atoms with Crippen molar-refractivity contribution in [2.45, 2.75) is 37.5 Å². The van der Waals surface area contributed by atoms with E-state index in [1.807, 2.05) is 0 Å². The molecule has 0 fully saturated rings. The molecule has 42 heavy (non-hydrogen) atoms. The minimum atomic E-state index is -5.08. The largest absolute Gasteiger partial charge is 0.497 e. The van der Waals surface area contributed by atoms with E-state index in [-0.39, 0.29) is 5.56 Å². The number of carboxylic acid groups (broad SMARTS) is 1. The number of hydrogen-bond donors (Lipinski definition) is 3. The van der Waals surface area contributed by atoms with Gasteiger partial charge in [0.15, 0.2) is 0 Å². The van der Waals surface area contributed by atoms with E-state index in [0.29, 0.717) is 11.3 Å². The Bertz CT molecular complexity index is 1360. The van der Waals surface area contributed by atoms with Crippen LogP contribution in [0.3, 0.4) is 0 Å². The van der Waals surface area contributed by atoms with Crippen LogP contribution in [-0.4, -0.2) is 35.4 Å². The summed E-state index contributed by atoms with van der Waals surface area (Å²) in [7, 11) is 1.48. The van der Waals surface area contributed by atoms with Gasteiger partial charge in [-0.1, -0.05) is 24.3 Å². The molecule has 2 aromatic carbocycles. The van der Waals surface area contributed by atoms with E-state index in [4.69, 9.17) is 14.6 Å². The zero-order valence-electron chi connectivity index (χ0n) is 21.5. The van der Waals surface area contributed by atoms with Crippen LogP contribution in [0.15, 0.2) is 66.9 Å². The number of nitrogens with one attached hydrogen (secondary N) is 2. The molecule has 0 aliphatic heterocycles. The summed E-state index contributed by atoms with van der Waals surface area (Å²) >= 11 is 0. The van der Waals surface area contributed by atoms with Crippen LogP contribution in [0.4, 0.5) is 44.3 Å². The molecule has 3 N–H and O–H groups in total. The monoisotopic (exact) mass is 611 g/mol. The van der Waals surface area contributed by atoms with E-state index in [0.717, 1.165) is 42.6 Å². The fourth-order valence-electron chi connectivity index (χ4n) is 3.42. The number of ether oxygens (including phenoxy) is 1. The van der Waals surface area contributed by atoms with Crippen molar-refractivity contribution >= 4 is 12.0 Å². The highest BCUT2D eigenvalue weighted by Crippen LogP contribution is 2.36. The molecular weight excluding hydrogens is 589 g/mol. The maximum absolute atomic E-state index is 13.7. The molecule has 0 radical (unpaired) electrons. The molecular formula is C26H22F9N3O4. The Kier molecular flexibility index (Phi) is 10.8. The molecule has 1 aromatic heterocycles. The summed E-state index contributed by atoms with van der Waals surface area (Å²) in [6.07, 6.45) is -13.4. The van der Waals surface area contributed by atoms with Crippen molar-refractivity contribution in [3.05, 3.63) is 94.8 Å². The van der Waals surface area contributed by atoms with Crippen molar-refractivity contribution in [3.63, 3.8) is 0 Å². The molecule has 0 aliphatic carbocycles. The minimum Gasteiger partial charge on any atom is -0.497 e. The molecule has 0 unspecified atom stereocenters. The van der Waals surface area contributed by atoms with Gasteiger partial charge in [-0.3, -0.25) is 4.98 Å². The number of methoxy groups -OCH3 is 1. The summed E-state index contributed by atoms with van der Waals surface area (Å²) in [4.78, 5) is 25.5. The molecule has 3 rings (SSSR count). The molecule has 0 spiro atoms. The van der Waals surface area contributed by atoms with Crippen molar-refractivity contribution in [1.29, 1.82) is 0 Å². The highest BCUT2D eigenvalue weighted by Gasteiger charge is 2.39. The fourth-order valence-corrected chi connectivity index (χ4v) is 3.42. The summed E-state index contributed by atoms with van der Waals surface area (Å²) in [5, 5.41) is 12.2. The number of alkyl halides is 9.